The molecule has 1 saturated heterocycles. The number of rotatable bonds is 3. The van der Waals surface area contributed by atoms with Gasteiger partial charge in [0, 0.05) is 19.8 Å². The van der Waals surface area contributed by atoms with Crippen LogP contribution in [0.5, 0.6) is 0 Å². The third kappa shape index (κ3) is 3.82. The van der Waals surface area contributed by atoms with E-state index in [-0.39, 0.29) is 36.8 Å². The number of amides is 1. The zero-order valence-corrected chi connectivity index (χ0v) is 14.1. The normalized spacial score (nSPS) is 16.7. The van der Waals surface area contributed by atoms with Gasteiger partial charge in [-0.3, -0.25) is 4.79 Å². The molecule has 0 unspecified atom stereocenters. The van der Waals surface area contributed by atoms with Crippen LogP contribution in [0, 0.1) is 0 Å². The van der Waals surface area contributed by atoms with Crippen molar-refractivity contribution in [3.8, 4) is 0 Å². The van der Waals surface area contributed by atoms with Crippen LogP contribution in [-0.2, 0) is 4.79 Å². The summed E-state index contributed by atoms with van der Waals surface area (Å²) in [5.74, 6) is 0.0122. The van der Waals surface area contributed by atoms with Gasteiger partial charge >= 0.3 is 0 Å². The molecule has 1 fully saturated rings. The second kappa shape index (κ2) is 7.67. The number of hydrogen-bond donors (Lipinski definition) is 2. The molecule has 8 heteroatoms. The van der Waals surface area contributed by atoms with E-state index in [9.17, 15) is 4.79 Å². The molecule has 1 aliphatic rings. The molecular formula is C14H20Cl2N4O2. The smallest absolute Gasteiger partial charge is 0.297 e. The maximum atomic E-state index is 12.0. The van der Waals surface area contributed by atoms with Crippen LogP contribution in [0.15, 0.2) is 22.6 Å². The molecule has 2 aromatic rings. The van der Waals surface area contributed by atoms with Gasteiger partial charge in [0.2, 0.25) is 5.91 Å². The van der Waals surface area contributed by atoms with E-state index in [0.717, 1.165) is 30.6 Å². The van der Waals surface area contributed by atoms with Crippen LogP contribution in [-0.4, -0.2) is 37.6 Å². The molecule has 3 rings (SSSR count). The van der Waals surface area contributed by atoms with E-state index in [1.165, 1.54) is 0 Å². The monoisotopic (exact) mass is 346 g/mol. The predicted molar refractivity (Wildman–Crippen MR) is 92.5 cm³/mol. The molecule has 0 spiro atoms. The molecule has 0 aliphatic carbocycles. The van der Waals surface area contributed by atoms with E-state index < -0.39 is 0 Å². The van der Waals surface area contributed by atoms with E-state index in [1.807, 2.05) is 32.3 Å². The molecule has 0 bridgehead atoms. The van der Waals surface area contributed by atoms with Crippen LogP contribution in [0.2, 0.25) is 0 Å². The van der Waals surface area contributed by atoms with Crippen molar-refractivity contribution in [2.24, 2.45) is 0 Å². The van der Waals surface area contributed by atoms with Crippen molar-refractivity contribution in [2.75, 3.05) is 30.9 Å². The Morgan fingerprint density at radius 2 is 2.18 bits per heavy atom. The number of benzene rings is 1. The Morgan fingerprint density at radius 3 is 2.82 bits per heavy atom. The van der Waals surface area contributed by atoms with Crippen LogP contribution in [0.25, 0.3) is 11.1 Å². The minimum Gasteiger partial charge on any atom is -0.423 e. The first-order valence-corrected chi connectivity index (χ1v) is 6.75. The quantitative estimate of drug-likeness (QED) is 0.892. The molecule has 0 radical (unpaired) electrons. The van der Waals surface area contributed by atoms with Crippen molar-refractivity contribution in [1.29, 1.82) is 0 Å². The number of nitrogens with zero attached hydrogens (tertiary/aromatic N) is 2. The van der Waals surface area contributed by atoms with Gasteiger partial charge in [-0.15, -0.1) is 24.8 Å². The Morgan fingerprint density at radius 1 is 1.41 bits per heavy atom. The van der Waals surface area contributed by atoms with Crippen LogP contribution in [0.3, 0.4) is 0 Å². The van der Waals surface area contributed by atoms with Gasteiger partial charge in [-0.25, -0.2) is 0 Å². The van der Waals surface area contributed by atoms with E-state index in [0.29, 0.717) is 11.6 Å². The molecule has 122 valence electrons. The Labute approximate surface area is 141 Å². The fraction of sp³-hybridized carbons (Fsp3) is 0.429. The number of fused-ring (bicyclic) bond motifs is 1. The summed E-state index contributed by atoms with van der Waals surface area (Å²) in [5.41, 5.74) is 2.20. The van der Waals surface area contributed by atoms with E-state index in [1.54, 1.807) is 4.90 Å². The molecule has 2 N–H and O–H groups in total. The van der Waals surface area contributed by atoms with Crippen molar-refractivity contribution >= 4 is 53.5 Å². The molecule has 1 atom stereocenters. The topological polar surface area (TPSA) is 70.4 Å². The van der Waals surface area contributed by atoms with Crippen LogP contribution in [0.4, 0.5) is 11.7 Å². The summed E-state index contributed by atoms with van der Waals surface area (Å²) >= 11 is 0. The molecule has 22 heavy (non-hydrogen) atoms. The Bertz CT molecular complexity index is 639. The van der Waals surface area contributed by atoms with Crippen molar-refractivity contribution in [3.63, 3.8) is 0 Å². The number of oxazole rings is 1. The standard InChI is InChI=1S/C14H18N4O2.2ClH/c1-18(2)14-17-11-8-9(5-6-12(11)20-14)16-13(19)10-4-3-7-15-10;;/h5-6,8,10,15H,3-4,7H2,1-2H3,(H,16,19);2*1H/t10-;;/m0../s1. The highest BCUT2D eigenvalue weighted by molar-refractivity contribution is 5.96. The highest BCUT2D eigenvalue weighted by atomic mass is 35.5. The summed E-state index contributed by atoms with van der Waals surface area (Å²) in [6.07, 6.45) is 1.94. The lowest BCUT2D eigenvalue weighted by Gasteiger charge is -2.10. The summed E-state index contributed by atoms with van der Waals surface area (Å²) in [7, 11) is 3.75. The summed E-state index contributed by atoms with van der Waals surface area (Å²) in [6, 6.07) is 5.96. The highest BCUT2D eigenvalue weighted by Gasteiger charge is 2.22. The number of carbonyl (C=O) groups is 1. The number of halogens is 2. The zero-order chi connectivity index (χ0) is 14.1. The third-order valence-corrected chi connectivity index (χ3v) is 3.40. The number of hydrogen-bond acceptors (Lipinski definition) is 5. The maximum Gasteiger partial charge on any atom is 0.297 e. The van der Waals surface area contributed by atoms with Gasteiger partial charge in [0.15, 0.2) is 5.58 Å². The minimum atomic E-state index is -0.0830. The van der Waals surface area contributed by atoms with Gasteiger partial charge in [-0.1, -0.05) is 0 Å². The van der Waals surface area contributed by atoms with Crippen LogP contribution in [0.1, 0.15) is 12.8 Å². The first-order valence-electron chi connectivity index (χ1n) is 6.75. The molecule has 1 amide bonds. The zero-order valence-electron chi connectivity index (χ0n) is 12.5. The fourth-order valence-electron chi connectivity index (χ4n) is 2.32. The van der Waals surface area contributed by atoms with Gasteiger partial charge < -0.3 is 20.0 Å². The minimum absolute atomic E-state index is 0. The SMILES string of the molecule is CN(C)c1nc2cc(NC(=O)[C@@H]3CCCN3)ccc2o1.Cl.Cl. The van der Waals surface area contributed by atoms with E-state index >= 15 is 0 Å². The fourth-order valence-corrected chi connectivity index (χ4v) is 2.32. The van der Waals surface area contributed by atoms with E-state index in [4.69, 9.17) is 4.42 Å². The first-order chi connectivity index (χ1) is 9.63. The number of anilines is 2. The van der Waals surface area contributed by atoms with Crippen molar-refractivity contribution in [1.82, 2.24) is 10.3 Å². The Hall–Kier alpha value is -1.50. The van der Waals surface area contributed by atoms with Gasteiger partial charge in [-0.2, -0.15) is 4.98 Å². The summed E-state index contributed by atoms with van der Waals surface area (Å²) in [5, 5.41) is 6.10. The summed E-state index contributed by atoms with van der Waals surface area (Å²) in [4.78, 5) is 18.2. The molecule has 2 heterocycles. The van der Waals surface area contributed by atoms with Crippen LogP contribution >= 0.6 is 24.8 Å². The molecular weight excluding hydrogens is 327 g/mol. The molecule has 1 aliphatic heterocycles. The molecule has 1 aromatic carbocycles. The number of aromatic nitrogens is 1. The van der Waals surface area contributed by atoms with Crippen molar-refractivity contribution < 1.29 is 9.21 Å². The average molecular weight is 347 g/mol. The first kappa shape index (κ1) is 18.5. The third-order valence-electron chi connectivity index (χ3n) is 3.40. The maximum absolute atomic E-state index is 12.0. The molecule has 6 nitrogen and oxygen atoms in total. The average Bonchev–Trinajstić information content (AvgIpc) is 3.07. The van der Waals surface area contributed by atoms with E-state index in [2.05, 4.69) is 15.6 Å². The van der Waals surface area contributed by atoms with Gasteiger partial charge in [-0.05, 0) is 37.6 Å². The molecule has 0 saturated carbocycles. The molecule has 1 aromatic heterocycles. The van der Waals surface area contributed by atoms with Gasteiger partial charge in [0.1, 0.15) is 5.52 Å². The lowest BCUT2D eigenvalue weighted by molar-refractivity contribution is -0.117. The Kier molecular flexibility index (Phi) is 6.47. The van der Waals surface area contributed by atoms with Crippen molar-refractivity contribution in [2.45, 2.75) is 18.9 Å². The largest absolute Gasteiger partial charge is 0.423 e. The highest BCUT2D eigenvalue weighted by Crippen LogP contribution is 2.23. The number of carbonyl (C=O) groups excluding carboxylic acids is 1. The predicted octanol–water partition coefficient (Wildman–Crippen LogP) is 2.43. The second-order valence-corrected chi connectivity index (χ2v) is 5.21. The van der Waals surface area contributed by atoms with Gasteiger partial charge in [0.25, 0.3) is 6.01 Å². The Balaban J connectivity index is 0.00000121. The van der Waals surface area contributed by atoms with Gasteiger partial charge in [0.05, 0.1) is 6.04 Å². The summed E-state index contributed by atoms with van der Waals surface area (Å²) < 4.78 is 5.58. The lowest BCUT2D eigenvalue weighted by Crippen LogP contribution is -2.35. The lowest BCUT2D eigenvalue weighted by atomic mass is 10.2. The summed E-state index contributed by atoms with van der Waals surface area (Å²) in [6.45, 7) is 0.909. The second-order valence-electron chi connectivity index (χ2n) is 5.21. The van der Waals surface area contributed by atoms with Crippen molar-refractivity contribution in [3.05, 3.63) is 18.2 Å². The number of nitrogens with one attached hydrogen (secondary N) is 2. The van der Waals surface area contributed by atoms with Crippen LogP contribution < -0.4 is 15.5 Å².